The van der Waals surface area contributed by atoms with Gasteiger partial charge in [-0.3, -0.25) is 19.9 Å². The van der Waals surface area contributed by atoms with Gasteiger partial charge in [0.05, 0.1) is 70.2 Å². The first-order valence-electron chi connectivity index (χ1n) is 34.8. The van der Waals surface area contributed by atoms with Crippen LogP contribution >= 0.6 is 22.6 Å². The zero-order valence-corrected chi connectivity index (χ0v) is 66.0. The zero-order valence-electron chi connectivity index (χ0n) is 63.0. The molecule has 4 atom stereocenters. The molecular formula is C81H87BF9IN8O8S. The van der Waals surface area contributed by atoms with Crippen LogP contribution in [-0.4, -0.2) is 87.9 Å². The fourth-order valence-electron chi connectivity index (χ4n) is 12.1. The average molecular weight is 1640 g/mol. The number of halogens is 10. The molecule has 4 unspecified atom stereocenters. The minimum atomic E-state index is -5.82. The maximum atomic E-state index is 12.7. The number of benzene rings is 4. The summed E-state index contributed by atoms with van der Waals surface area (Å²) in [5.41, 5.74) is 0.224. The minimum Gasteiger partial charge on any atom is -0.506 e. The van der Waals surface area contributed by atoms with Crippen LogP contribution in [-0.2, 0) is 53.4 Å². The Balaban J connectivity index is 0.000000186. The highest BCUT2D eigenvalue weighted by Crippen LogP contribution is 2.45. The first-order valence-corrected chi connectivity index (χ1v) is 37.3. The first kappa shape index (κ1) is 85.5. The maximum absolute atomic E-state index is 12.7. The van der Waals surface area contributed by atoms with E-state index in [4.69, 9.17) is 9.31 Å². The third-order valence-electron chi connectivity index (χ3n) is 21.2. The summed E-state index contributed by atoms with van der Waals surface area (Å²) in [5, 5.41) is 42.3. The van der Waals surface area contributed by atoms with Gasteiger partial charge in [-0.1, -0.05) is 140 Å². The minimum absolute atomic E-state index is 0.0719. The van der Waals surface area contributed by atoms with E-state index in [2.05, 4.69) is 206 Å². The van der Waals surface area contributed by atoms with E-state index in [9.17, 15) is 63.3 Å². The quantitative estimate of drug-likeness (QED) is 0.0253. The number of aromatic hydroxyl groups is 3. The number of hydrogen-bond donors (Lipinski definition) is 3. The van der Waals surface area contributed by atoms with Gasteiger partial charge in [-0.25, -0.2) is 0 Å². The van der Waals surface area contributed by atoms with Crippen LogP contribution in [0.4, 0.5) is 39.5 Å². The number of aromatic nitrogens is 8. The number of pyridine rings is 4. The molecule has 6 aromatic heterocycles. The molecule has 16 nitrogen and oxygen atoms in total. The van der Waals surface area contributed by atoms with Crippen LogP contribution in [0, 0.1) is 27.2 Å². The summed E-state index contributed by atoms with van der Waals surface area (Å²) in [4.78, 5) is 17.4. The SMILES string of the molecule is CC(C)C(C)(c1ccc(-c2ccc(C(F)(F)F)nn2)cc1)c1ccc(O)cn1.CC(C)C(C)(c1ccc(-c2ccc(C(F)(F)F)nn2)cc1)c1ccc(OS(=O)(=O)C(F)(F)F)cn1.CC(C)C(C)(c1ccc(B2OC(C)(C)C(C)(C)O2)cc1)c1ccc(O)cn1.CC(C)C(C)(c1ccc(I)cc1)c1ccc(O)cn1. The van der Waals surface area contributed by atoms with Crippen LogP contribution in [0.1, 0.15) is 167 Å². The zero-order chi connectivity index (χ0) is 80.8. The van der Waals surface area contributed by atoms with Crippen molar-refractivity contribution in [2.45, 2.75) is 162 Å². The molecule has 28 heteroatoms. The van der Waals surface area contributed by atoms with E-state index >= 15 is 0 Å². The van der Waals surface area contributed by atoms with E-state index in [1.165, 1.54) is 51.5 Å². The van der Waals surface area contributed by atoms with Crippen LogP contribution in [0.5, 0.6) is 23.0 Å². The van der Waals surface area contributed by atoms with Gasteiger partial charge in [-0.05, 0) is 214 Å². The standard InChI is InChI=1S/C22H30BNO3.C22H19F6N3O3S.C21H20F3N3O.C16H18INO/c1-15(2)22(7,19-13-12-18(25)14-24-19)16-8-10-17(11-9-16)23-26-20(3,4)21(5,6)27-23;1-13(2)20(3,18-10-8-16(12-29-18)34-35(32,33)22(26,27)28)15-6-4-14(5-7-15)17-9-11-19(31-30-17)21(23,24)25;1-13(2)20(3,18-10-8-16(28)12-25-18)15-6-4-14(5-7-15)17-9-11-19(27-26-17)21(22,23)24;1-11(2)16(3,12-4-6-13(17)7-5-12)15-9-8-14(19)10-18-15/h8-15,25H,1-7H3;4-13H,1-3H3;4-13,28H,1-3H3;4-11,19H,1-3H3. The van der Waals surface area contributed by atoms with Crippen molar-refractivity contribution in [3.05, 3.63) is 255 Å². The molecule has 0 bridgehead atoms. The van der Waals surface area contributed by atoms with Crippen molar-refractivity contribution >= 4 is 45.3 Å². The van der Waals surface area contributed by atoms with E-state index < -0.39 is 55.9 Å². The first-order chi connectivity index (χ1) is 50.6. The van der Waals surface area contributed by atoms with Gasteiger partial charge in [0.15, 0.2) is 17.1 Å². The molecule has 0 aliphatic carbocycles. The van der Waals surface area contributed by atoms with Gasteiger partial charge in [-0.15, -0.1) is 20.4 Å². The second-order valence-corrected chi connectivity index (χ2v) is 32.3. The van der Waals surface area contributed by atoms with Crippen molar-refractivity contribution in [2.75, 3.05) is 0 Å². The van der Waals surface area contributed by atoms with Gasteiger partial charge in [0, 0.05) is 36.4 Å². The van der Waals surface area contributed by atoms with Crippen molar-refractivity contribution in [2.24, 2.45) is 23.7 Å². The van der Waals surface area contributed by atoms with Crippen LogP contribution in [0.25, 0.3) is 22.5 Å². The third-order valence-corrected chi connectivity index (χ3v) is 22.9. The Hall–Kier alpha value is -9.13. The Morgan fingerprint density at radius 2 is 0.679 bits per heavy atom. The number of alkyl halides is 9. The second kappa shape index (κ2) is 33.2. The molecule has 1 aliphatic rings. The van der Waals surface area contributed by atoms with Crippen molar-refractivity contribution in [1.82, 2.24) is 40.3 Å². The van der Waals surface area contributed by atoms with E-state index in [0.29, 0.717) is 34.4 Å². The topological polar surface area (TPSA) is 226 Å². The van der Waals surface area contributed by atoms with Gasteiger partial charge in [0.25, 0.3) is 0 Å². The van der Waals surface area contributed by atoms with E-state index in [1.807, 2.05) is 57.2 Å². The second-order valence-electron chi connectivity index (χ2n) is 29.5. The Labute approximate surface area is 643 Å². The maximum Gasteiger partial charge on any atom is 0.534 e. The molecule has 578 valence electrons. The average Bonchev–Trinajstić information content (AvgIpc) is 1.76. The number of rotatable bonds is 17. The summed E-state index contributed by atoms with van der Waals surface area (Å²) < 4.78 is 154. The van der Waals surface area contributed by atoms with Crippen molar-refractivity contribution < 1.29 is 76.7 Å². The van der Waals surface area contributed by atoms with Gasteiger partial charge < -0.3 is 28.8 Å². The van der Waals surface area contributed by atoms with E-state index in [0.717, 1.165) is 58.1 Å². The van der Waals surface area contributed by atoms with Gasteiger partial charge >= 0.3 is 35.1 Å². The summed E-state index contributed by atoms with van der Waals surface area (Å²) in [6.45, 7) is 33.3. The van der Waals surface area contributed by atoms with Crippen molar-refractivity contribution in [3.8, 4) is 45.5 Å². The molecule has 0 radical (unpaired) electrons. The fraction of sp³-hybridized carbons (Fsp3) is 0.358. The number of nitrogens with zero attached hydrogens (tertiary/aromatic N) is 8. The predicted octanol–water partition coefficient (Wildman–Crippen LogP) is 19.4. The monoisotopic (exact) mass is 1640 g/mol. The molecule has 4 aromatic carbocycles. The van der Waals surface area contributed by atoms with Crippen LogP contribution in [0.3, 0.4) is 0 Å². The van der Waals surface area contributed by atoms with Gasteiger partial charge in [-0.2, -0.15) is 47.9 Å². The van der Waals surface area contributed by atoms with Crippen LogP contribution in [0.15, 0.2) is 195 Å². The summed E-state index contributed by atoms with van der Waals surface area (Å²) >= 11 is 2.31. The Kier molecular flexibility index (Phi) is 26.0. The molecule has 1 saturated heterocycles. The van der Waals surface area contributed by atoms with E-state index in [1.54, 1.807) is 48.5 Å². The molecule has 11 rings (SSSR count). The smallest absolute Gasteiger partial charge is 0.506 e. The highest BCUT2D eigenvalue weighted by atomic mass is 127. The Bertz CT molecular complexity index is 4700. The summed E-state index contributed by atoms with van der Waals surface area (Å²) in [7, 11) is -6.18. The lowest BCUT2D eigenvalue weighted by atomic mass is 9.69. The summed E-state index contributed by atoms with van der Waals surface area (Å²) in [6, 6.07) is 48.6. The predicted molar refractivity (Wildman–Crippen MR) is 409 cm³/mol. The summed E-state index contributed by atoms with van der Waals surface area (Å²) in [5.74, 6) is 0.776. The molecule has 1 aliphatic heterocycles. The fourth-order valence-corrected chi connectivity index (χ4v) is 12.9. The van der Waals surface area contributed by atoms with Gasteiger partial charge in [0.1, 0.15) is 17.2 Å². The molecule has 7 heterocycles. The van der Waals surface area contributed by atoms with E-state index in [-0.39, 0.29) is 63.9 Å². The molecule has 0 saturated carbocycles. The lowest BCUT2D eigenvalue weighted by Gasteiger charge is -2.34. The van der Waals surface area contributed by atoms with Crippen molar-refractivity contribution in [1.29, 1.82) is 0 Å². The highest BCUT2D eigenvalue weighted by Gasteiger charge is 2.52. The molecule has 10 aromatic rings. The molecule has 109 heavy (non-hydrogen) atoms. The molecular weight excluding hydrogens is 1550 g/mol. The van der Waals surface area contributed by atoms with Crippen molar-refractivity contribution in [3.63, 3.8) is 0 Å². The molecule has 1 fully saturated rings. The largest absolute Gasteiger partial charge is 0.534 e. The number of hydrogen-bond acceptors (Lipinski definition) is 16. The lowest BCUT2D eigenvalue weighted by molar-refractivity contribution is -0.142. The van der Waals surface area contributed by atoms with Crippen LogP contribution in [0.2, 0.25) is 0 Å². The lowest BCUT2D eigenvalue weighted by Crippen LogP contribution is -2.41. The summed E-state index contributed by atoms with van der Waals surface area (Å²) in [6.07, 6.45) is -3.77. The third kappa shape index (κ3) is 19.2. The highest BCUT2D eigenvalue weighted by molar-refractivity contribution is 14.1. The molecule has 0 spiro atoms. The Morgan fingerprint density at radius 1 is 0.394 bits per heavy atom. The van der Waals surface area contributed by atoms with Crippen LogP contribution < -0.4 is 9.65 Å². The molecule has 3 N–H and O–H groups in total. The normalized spacial score (nSPS) is 15.9. The Morgan fingerprint density at radius 3 is 0.927 bits per heavy atom. The van der Waals surface area contributed by atoms with Gasteiger partial charge in [0.2, 0.25) is 0 Å². The molecule has 0 amide bonds.